The standard InChI is InChI=1S/C24H27BrClFN2O3/c1-16(24(31)28-20-5-3-2-4-6-20)29(14-17-7-10-19(27)11-8-17)23(30)15-32-22-12-9-18(26)13-21(22)25/h7-13,16,20H,2-6,14-15H2,1H3,(H,28,31)/t16-/m0/s1. The van der Waals surface area contributed by atoms with Crippen LogP contribution < -0.4 is 10.1 Å². The lowest BCUT2D eigenvalue weighted by atomic mass is 9.95. The zero-order valence-corrected chi connectivity index (χ0v) is 20.3. The molecule has 3 rings (SSSR count). The van der Waals surface area contributed by atoms with Crippen molar-refractivity contribution in [3.63, 3.8) is 0 Å². The van der Waals surface area contributed by atoms with Gasteiger partial charge in [0.25, 0.3) is 5.91 Å². The van der Waals surface area contributed by atoms with Crippen LogP contribution in [0.4, 0.5) is 4.39 Å². The zero-order chi connectivity index (χ0) is 23.1. The number of carbonyl (C=O) groups is 2. The number of halogens is 3. The normalized spacial score (nSPS) is 15.1. The molecule has 2 aromatic carbocycles. The molecule has 1 saturated carbocycles. The van der Waals surface area contributed by atoms with Crippen molar-refractivity contribution in [3.8, 4) is 5.75 Å². The van der Waals surface area contributed by atoms with E-state index >= 15 is 0 Å². The second-order valence-electron chi connectivity index (χ2n) is 8.03. The fourth-order valence-electron chi connectivity index (χ4n) is 3.75. The Kier molecular flexibility index (Phi) is 8.93. The molecule has 2 aromatic rings. The number of rotatable bonds is 8. The van der Waals surface area contributed by atoms with Crippen LogP contribution in [-0.2, 0) is 16.1 Å². The number of hydrogen-bond acceptors (Lipinski definition) is 3. The van der Waals surface area contributed by atoms with Crippen LogP contribution in [0.1, 0.15) is 44.6 Å². The first kappa shape index (κ1) is 24.5. The van der Waals surface area contributed by atoms with Gasteiger partial charge in [-0.2, -0.15) is 0 Å². The molecule has 0 heterocycles. The summed E-state index contributed by atoms with van der Waals surface area (Å²) in [5.74, 6) is -0.420. The van der Waals surface area contributed by atoms with Gasteiger partial charge < -0.3 is 15.0 Å². The predicted octanol–water partition coefficient (Wildman–Crippen LogP) is 5.49. The molecule has 2 amide bonds. The van der Waals surface area contributed by atoms with Crippen LogP contribution in [0.15, 0.2) is 46.9 Å². The van der Waals surface area contributed by atoms with Crippen molar-refractivity contribution in [2.45, 2.75) is 57.7 Å². The van der Waals surface area contributed by atoms with Gasteiger partial charge in [-0.15, -0.1) is 0 Å². The first-order chi connectivity index (χ1) is 15.3. The quantitative estimate of drug-likeness (QED) is 0.496. The lowest BCUT2D eigenvalue weighted by molar-refractivity contribution is -0.142. The van der Waals surface area contributed by atoms with Gasteiger partial charge in [-0.25, -0.2) is 4.39 Å². The number of ether oxygens (including phenoxy) is 1. The van der Waals surface area contributed by atoms with E-state index in [1.807, 2.05) is 0 Å². The largest absolute Gasteiger partial charge is 0.483 e. The molecule has 172 valence electrons. The molecule has 5 nitrogen and oxygen atoms in total. The molecule has 0 spiro atoms. The number of carbonyl (C=O) groups excluding carboxylic acids is 2. The summed E-state index contributed by atoms with van der Waals surface area (Å²) in [5.41, 5.74) is 0.727. The van der Waals surface area contributed by atoms with E-state index in [0.717, 1.165) is 31.2 Å². The maximum atomic E-state index is 13.3. The molecule has 1 N–H and O–H groups in total. The maximum Gasteiger partial charge on any atom is 0.261 e. The number of nitrogens with one attached hydrogen (secondary N) is 1. The number of benzene rings is 2. The minimum atomic E-state index is -0.702. The molecular weight excluding hydrogens is 499 g/mol. The van der Waals surface area contributed by atoms with Gasteiger partial charge in [0.1, 0.15) is 17.6 Å². The lowest BCUT2D eigenvalue weighted by Gasteiger charge is -2.31. The first-order valence-corrected chi connectivity index (χ1v) is 11.9. The topological polar surface area (TPSA) is 58.6 Å². The van der Waals surface area contributed by atoms with Gasteiger partial charge in [-0.1, -0.05) is 43.0 Å². The SMILES string of the molecule is C[C@@H](C(=O)NC1CCCCC1)N(Cc1ccc(F)cc1)C(=O)COc1ccc(Cl)cc1Br. The van der Waals surface area contributed by atoms with Crippen molar-refractivity contribution in [1.29, 1.82) is 0 Å². The Balaban J connectivity index is 1.71. The molecule has 1 fully saturated rings. The molecule has 1 aliphatic rings. The minimum Gasteiger partial charge on any atom is -0.483 e. The van der Waals surface area contributed by atoms with E-state index in [0.29, 0.717) is 15.2 Å². The third-order valence-electron chi connectivity index (χ3n) is 5.63. The molecule has 0 unspecified atom stereocenters. The Labute approximate surface area is 201 Å². The van der Waals surface area contributed by atoms with E-state index in [1.54, 1.807) is 37.3 Å². The summed E-state index contributed by atoms with van der Waals surface area (Å²) in [7, 11) is 0. The lowest BCUT2D eigenvalue weighted by Crippen LogP contribution is -2.51. The van der Waals surface area contributed by atoms with Crippen molar-refractivity contribution in [1.82, 2.24) is 10.2 Å². The zero-order valence-electron chi connectivity index (χ0n) is 18.0. The number of nitrogens with zero attached hydrogens (tertiary/aromatic N) is 1. The minimum absolute atomic E-state index is 0.141. The highest BCUT2D eigenvalue weighted by Crippen LogP contribution is 2.28. The highest BCUT2D eigenvalue weighted by molar-refractivity contribution is 9.10. The van der Waals surface area contributed by atoms with Gasteiger partial charge in [0.15, 0.2) is 6.61 Å². The summed E-state index contributed by atoms with van der Waals surface area (Å²) in [6, 6.07) is 10.4. The summed E-state index contributed by atoms with van der Waals surface area (Å²) in [4.78, 5) is 27.5. The summed E-state index contributed by atoms with van der Waals surface area (Å²) < 4.78 is 19.6. The van der Waals surface area contributed by atoms with Crippen LogP contribution in [-0.4, -0.2) is 35.4 Å². The van der Waals surface area contributed by atoms with Crippen LogP contribution in [0.3, 0.4) is 0 Å². The van der Waals surface area contributed by atoms with E-state index in [1.165, 1.54) is 23.5 Å². The fraction of sp³-hybridized carbons (Fsp3) is 0.417. The van der Waals surface area contributed by atoms with Gasteiger partial charge in [-0.05, 0) is 71.6 Å². The molecule has 8 heteroatoms. The molecule has 1 aliphatic carbocycles. The van der Waals surface area contributed by atoms with Gasteiger partial charge in [0.05, 0.1) is 4.47 Å². The van der Waals surface area contributed by atoms with Crippen LogP contribution in [0.2, 0.25) is 5.02 Å². The van der Waals surface area contributed by atoms with E-state index < -0.39 is 6.04 Å². The summed E-state index contributed by atoms with van der Waals surface area (Å²) in [6.45, 7) is 1.63. The van der Waals surface area contributed by atoms with Crippen molar-refractivity contribution in [3.05, 3.63) is 63.3 Å². The average molecular weight is 526 g/mol. The average Bonchev–Trinajstić information content (AvgIpc) is 2.78. The second kappa shape index (κ2) is 11.7. The van der Waals surface area contributed by atoms with Gasteiger partial charge in [0.2, 0.25) is 5.91 Å². The monoisotopic (exact) mass is 524 g/mol. The molecule has 0 aromatic heterocycles. The van der Waals surface area contributed by atoms with E-state index in [-0.39, 0.29) is 36.8 Å². The van der Waals surface area contributed by atoms with Crippen LogP contribution in [0, 0.1) is 5.82 Å². The predicted molar refractivity (Wildman–Crippen MR) is 126 cm³/mol. The summed E-state index contributed by atoms with van der Waals surface area (Å²) in [6.07, 6.45) is 5.30. The highest BCUT2D eigenvalue weighted by atomic mass is 79.9. The maximum absolute atomic E-state index is 13.3. The first-order valence-electron chi connectivity index (χ1n) is 10.8. The third-order valence-corrected chi connectivity index (χ3v) is 6.48. The Hall–Kier alpha value is -2.12. The summed E-state index contributed by atoms with van der Waals surface area (Å²) in [5, 5.41) is 3.63. The van der Waals surface area contributed by atoms with Crippen molar-refractivity contribution < 1.29 is 18.7 Å². The van der Waals surface area contributed by atoms with Gasteiger partial charge in [0, 0.05) is 17.6 Å². The Morgan fingerprint density at radius 3 is 2.53 bits per heavy atom. The molecule has 1 atom stereocenters. The number of hydrogen-bond donors (Lipinski definition) is 1. The van der Waals surface area contributed by atoms with Crippen molar-refractivity contribution in [2.75, 3.05) is 6.61 Å². The van der Waals surface area contributed by atoms with E-state index in [9.17, 15) is 14.0 Å². The molecule has 0 saturated heterocycles. The fourth-order valence-corrected chi connectivity index (χ4v) is 4.55. The van der Waals surface area contributed by atoms with Crippen molar-refractivity contribution >= 4 is 39.3 Å². The van der Waals surface area contributed by atoms with Crippen molar-refractivity contribution in [2.24, 2.45) is 0 Å². The Bertz CT molecular complexity index is 935. The van der Waals surface area contributed by atoms with Crippen LogP contribution in [0.5, 0.6) is 5.75 Å². The van der Waals surface area contributed by atoms with E-state index in [2.05, 4.69) is 21.2 Å². The third kappa shape index (κ3) is 6.94. The Morgan fingerprint density at radius 1 is 1.19 bits per heavy atom. The molecule has 32 heavy (non-hydrogen) atoms. The number of amides is 2. The van der Waals surface area contributed by atoms with Gasteiger partial charge >= 0.3 is 0 Å². The molecule has 0 aliphatic heterocycles. The van der Waals surface area contributed by atoms with Crippen LogP contribution >= 0.6 is 27.5 Å². The van der Waals surface area contributed by atoms with E-state index in [4.69, 9.17) is 16.3 Å². The summed E-state index contributed by atoms with van der Waals surface area (Å²) >= 11 is 9.32. The smallest absolute Gasteiger partial charge is 0.261 e. The van der Waals surface area contributed by atoms with Crippen LogP contribution in [0.25, 0.3) is 0 Å². The second-order valence-corrected chi connectivity index (χ2v) is 9.32. The Morgan fingerprint density at radius 2 is 1.88 bits per heavy atom. The molecule has 0 bridgehead atoms. The highest BCUT2D eigenvalue weighted by Gasteiger charge is 2.28. The molecule has 0 radical (unpaired) electrons. The molecular formula is C24H27BrClFN2O3. The van der Waals surface area contributed by atoms with Gasteiger partial charge in [-0.3, -0.25) is 9.59 Å².